The molecule has 3 rings (SSSR count). The first-order chi connectivity index (χ1) is 10.3. The van der Waals surface area contributed by atoms with Gasteiger partial charge in [-0.15, -0.1) is 0 Å². The van der Waals surface area contributed by atoms with Crippen molar-refractivity contribution in [1.29, 1.82) is 0 Å². The van der Waals surface area contributed by atoms with Gasteiger partial charge in [0, 0.05) is 30.5 Å². The molecule has 0 fully saturated rings. The maximum atomic E-state index is 12.1. The predicted molar refractivity (Wildman–Crippen MR) is 81.4 cm³/mol. The number of carbonyl (C=O) groups is 1. The van der Waals surface area contributed by atoms with E-state index in [0.717, 1.165) is 60.4 Å². The van der Waals surface area contributed by atoms with E-state index in [2.05, 4.69) is 23.6 Å². The molecule has 0 unspecified atom stereocenters. The molecule has 5 nitrogen and oxygen atoms in total. The average molecular weight is 290 g/mol. The normalized spacial score (nSPS) is 14.9. The molecule has 0 radical (unpaired) electrons. The van der Waals surface area contributed by atoms with Crippen LogP contribution in [0.15, 0.2) is 6.07 Å². The highest BCUT2D eigenvalue weighted by Gasteiger charge is 2.27. The van der Waals surface area contributed by atoms with Crippen molar-refractivity contribution in [3.8, 4) is 11.5 Å². The molecule has 5 heteroatoms. The van der Waals surface area contributed by atoms with Crippen LogP contribution in [0.5, 0.6) is 11.5 Å². The van der Waals surface area contributed by atoms with E-state index in [1.54, 1.807) is 0 Å². The number of amides is 2. The zero-order valence-electron chi connectivity index (χ0n) is 12.5. The van der Waals surface area contributed by atoms with E-state index in [-0.39, 0.29) is 6.03 Å². The van der Waals surface area contributed by atoms with Crippen LogP contribution in [0.25, 0.3) is 0 Å². The van der Waals surface area contributed by atoms with E-state index in [0.29, 0.717) is 19.8 Å². The maximum absolute atomic E-state index is 12.1. The van der Waals surface area contributed by atoms with Crippen molar-refractivity contribution in [2.75, 3.05) is 25.1 Å². The SMILES string of the molecule is CCCCCNC(=O)Nc1c2c(cc3c1OCC3)OCC2. The molecule has 2 N–H and O–H groups in total. The summed E-state index contributed by atoms with van der Waals surface area (Å²) in [6, 6.07) is 1.89. The van der Waals surface area contributed by atoms with Gasteiger partial charge in [-0.1, -0.05) is 19.8 Å². The molecule has 0 aliphatic carbocycles. The number of carbonyl (C=O) groups excluding carboxylic acids is 1. The van der Waals surface area contributed by atoms with Gasteiger partial charge in [0.25, 0.3) is 0 Å². The van der Waals surface area contributed by atoms with Crippen LogP contribution >= 0.6 is 0 Å². The van der Waals surface area contributed by atoms with E-state index >= 15 is 0 Å². The van der Waals surface area contributed by atoms with Gasteiger partial charge in [0.1, 0.15) is 11.5 Å². The molecule has 1 aromatic carbocycles. The number of nitrogens with one attached hydrogen (secondary N) is 2. The molecule has 0 saturated heterocycles. The van der Waals surface area contributed by atoms with Crippen molar-refractivity contribution in [3.63, 3.8) is 0 Å². The van der Waals surface area contributed by atoms with Crippen LogP contribution in [0.2, 0.25) is 0 Å². The lowest BCUT2D eigenvalue weighted by atomic mass is 10.0. The summed E-state index contributed by atoms with van der Waals surface area (Å²) >= 11 is 0. The van der Waals surface area contributed by atoms with Crippen LogP contribution in [-0.4, -0.2) is 25.8 Å². The highest BCUT2D eigenvalue weighted by molar-refractivity contribution is 5.93. The summed E-state index contributed by atoms with van der Waals surface area (Å²) in [6.45, 7) is 4.19. The predicted octanol–water partition coefficient (Wildman–Crippen LogP) is 2.87. The van der Waals surface area contributed by atoms with Gasteiger partial charge in [-0.2, -0.15) is 0 Å². The zero-order valence-corrected chi connectivity index (χ0v) is 12.5. The molecule has 2 heterocycles. The molecule has 2 aliphatic heterocycles. The van der Waals surface area contributed by atoms with Crippen LogP contribution < -0.4 is 20.1 Å². The molecule has 2 aliphatic rings. The second kappa shape index (κ2) is 6.24. The van der Waals surface area contributed by atoms with E-state index in [9.17, 15) is 4.79 Å². The zero-order chi connectivity index (χ0) is 14.7. The van der Waals surface area contributed by atoms with Crippen LogP contribution in [0.3, 0.4) is 0 Å². The van der Waals surface area contributed by atoms with Crippen LogP contribution in [0.4, 0.5) is 10.5 Å². The van der Waals surface area contributed by atoms with Gasteiger partial charge >= 0.3 is 6.03 Å². The Morgan fingerprint density at radius 2 is 2.10 bits per heavy atom. The monoisotopic (exact) mass is 290 g/mol. The number of rotatable bonds is 5. The Morgan fingerprint density at radius 1 is 1.24 bits per heavy atom. The van der Waals surface area contributed by atoms with Gasteiger partial charge in [0.15, 0.2) is 0 Å². The fourth-order valence-corrected chi connectivity index (χ4v) is 2.85. The van der Waals surface area contributed by atoms with Gasteiger partial charge in [0.2, 0.25) is 0 Å². The van der Waals surface area contributed by atoms with Gasteiger partial charge in [0.05, 0.1) is 18.9 Å². The van der Waals surface area contributed by atoms with E-state index in [1.807, 2.05) is 0 Å². The standard InChI is InChI=1S/C16H22N2O3/c1-2-3-4-7-17-16(19)18-14-12-6-9-20-13(12)10-11-5-8-21-15(11)14/h10H,2-9H2,1H3,(H2,17,18,19). The largest absolute Gasteiger partial charge is 0.493 e. The van der Waals surface area contributed by atoms with E-state index in [4.69, 9.17) is 9.47 Å². The van der Waals surface area contributed by atoms with Crippen molar-refractivity contribution < 1.29 is 14.3 Å². The first-order valence-corrected chi connectivity index (χ1v) is 7.78. The number of urea groups is 1. The van der Waals surface area contributed by atoms with Gasteiger partial charge < -0.3 is 20.1 Å². The van der Waals surface area contributed by atoms with Gasteiger partial charge in [-0.3, -0.25) is 0 Å². The quantitative estimate of drug-likeness (QED) is 0.820. The molecule has 0 aromatic heterocycles. The lowest BCUT2D eigenvalue weighted by Gasteiger charge is -2.14. The number of unbranched alkanes of at least 4 members (excludes halogenated alkanes) is 2. The van der Waals surface area contributed by atoms with Crippen LogP contribution in [-0.2, 0) is 12.8 Å². The first kappa shape index (κ1) is 14.0. The first-order valence-electron chi connectivity index (χ1n) is 7.78. The van der Waals surface area contributed by atoms with Crippen LogP contribution in [0.1, 0.15) is 37.3 Å². The van der Waals surface area contributed by atoms with Gasteiger partial charge in [-0.05, 0) is 12.5 Å². The molecule has 2 amide bonds. The molecule has 21 heavy (non-hydrogen) atoms. The van der Waals surface area contributed by atoms with Gasteiger partial charge in [-0.25, -0.2) is 4.79 Å². The number of hydrogen-bond donors (Lipinski definition) is 2. The number of hydrogen-bond acceptors (Lipinski definition) is 3. The van der Waals surface area contributed by atoms with Crippen molar-refractivity contribution >= 4 is 11.7 Å². The molecule has 0 atom stereocenters. The molecule has 0 spiro atoms. The Kier molecular flexibility index (Phi) is 4.18. The summed E-state index contributed by atoms with van der Waals surface area (Å²) in [6.07, 6.45) is 4.98. The highest BCUT2D eigenvalue weighted by atomic mass is 16.5. The summed E-state index contributed by atoms with van der Waals surface area (Å²) in [5, 5.41) is 5.87. The Bertz CT molecular complexity index is 511. The molecular formula is C16H22N2O3. The fraction of sp³-hybridized carbons (Fsp3) is 0.562. The lowest BCUT2D eigenvalue weighted by molar-refractivity contribution is 0.251. The minimum absolute atomic E-state index is 0.163. The minimum atomic E-state index is -0.163. The smallest absolute Gasteiger partial charge is 0.319 e. The molecule has 0 saturated carbocycles. The van der Waals surface area contributed by atoms with Crippen LogP contribution in [0, 0.1) is 0 Å². The Morgan fingerprint density at radius 3 is 2.95 bits per heavy atom. The Balaban J connectivity index is 1.72. The van der Waals surface area contributed by atoms with Crippen molar-refractivity contribution in [3.05, 3.63) is 17.2 Å². The molecule has 1 aromatic rings. The summed E-state index contributed by atoms with van der Waals surface area (Å²) in [7, 11) is 0. The number of fused-ring (bicyclic) bond motifs is 2. The minimum Gasteiger partial charge on any atom is -0.493 e. The second-order valence-corrected chi connectivity index (χ2v) is 5.50. The van der Waals surface area contributed by atoms with Crippen molar-refractivity contribution in [2.45, 2.75) is 39.0 Å². The summed E-state index contributed by atoms with van der Waals surface area (Å²) in [4.78, 5) is 12.1. The summed E-state index contributed by atoms with van der Waals surface area (Å²) in [5.74, 6) is 1.71. The Labute approximate surface area is 125 Å². The third-order valence-electron chi connectivity index (χ3n) is 3.96. The fourth-order valence-electron chi connectivity index (χ4n) is 2.85. The average Bonchev–Trinajstić information content (AvgIpc) is 3.11. The van der Waals surface area contributed by atoms with E-state index in [1.165, 1.54) is 0 Å². The number of anilines is 1. The third-order valence-corrected chi connectivity index (χ3v) is 3.96. The summed E-state index contributed by atoms with van der Waals surface area (Å²) in [5.41, 5.74) is 2.97. The summed E-state index contributed by atoms with van der Waals surface area (Å²) < 4.78 is 11.3. The Hall–Kier alpha value is -1.91. The molecule has 114 valence electrons. The molecular weight excluding hydrogens is 268 g/mol. The lowest BCUT2D eigenvalue weighted by Crippen LogP contribution is -2.30. The van der Waals surface area contributed by atoms with Crippen molar-refractivity contribution in [1.82, 2.24) is 5.32 Å². The number of benzene rings is 1. The van der Waals surface area contributed by atoms with E-state index < -0.39 is 0 Å². The topological polar surface area (TPSA) is 59.6 Å². The second-order valence-electron chi connectivity index (χ2n) is 5.50. The maximum Gasteiger partial charge on any atom is 0.319 e. The van der Waals surface area contributed by atoms with Crippen molar-refractivity contribution in [2.24, 2.45) is 0 Å². The number of ether oxygens (including phenoxy) is 2. The highest BCUT2D eigenvalue weighted by Crippen LogP contribution is 2.44. The molecule has 0 bridgehead atoms. The third kappa shape index (κ3) is 2.91.